The molecule has 0 aliphatic carbocycles. The molecule has 1 N–H and O–H groups in total. The molecule has 78 valence electrons. The van der Waals surface area contributed by atoms with Crippen molar-refractivity contribution in [3.63, 3.8) is 0 Å². The zero-order chi connectivity index (χ0) is 10.8. The minimum atomic E-state index is -0.961. The Morgan fingerprint density at radius 2 is 2.00 bits per heavy atom. The van der Waals surface area contributed by atoms with Gasteiger partial charge in [0.25, 0.3) is 0 Å². The van der Waals surface area contributed by atoms with E-state index < -0.39 is 6.17 Å². The fraction of sp³-hybridized carbons (Fsp3) is 0.231. The second-order valence-corrected chi connectivity index (χ2v) is 3.84. The fourth-order valence-electron chi connectivity index (χ4n) is 1.76. The van der Waals surface area contributed by atoms with Crippen LogP contribution in [0.4, 0.5) is 4.39 Å². The fourth-order valence-corrected chi connectivity index (χ4v) is 1.76. The van der Waals surface area contributed by atoms with Crippen LogP contribution in [0.5, 0.6) is 0 Å². The summed E-state index contributed by atoms with van der Waals surface area (Å²) >= 11 is 0. The van der Waals surface area contributed by atoms with Crippen molar-refractivity contribution >= 4 is 5.70 Å². The Bertz CT molecular complexity index is 406. The Morgan fingerprint density at radius 1 is 1.33 bits per heavy atom. The molecular formula is C13H14FN. The van der Waals surface area contributed by atoms with Gasteiger partial charge in [0.05, 0.1) is 0 Å². The summed E-state index contributed by atoms with van der Waals surface area (Å²) in [5.74, 6) is 0. The van der Waals surface area contributed by atoms with Gasteiger partial charge >= 0.3 is 0 Å². The molecule has 0 saturated heterocycles. The number of hydrogen-bond acceptors (Lipinski definition) is 1. The van der Waals surface area contributed by atoms with E-state index in [-0.39, 0.29) is 0 Å². The highest BCUT2D eigenvalue weighted by Gasteiger charge is 2.21. The van der Waals surface area contributed by atoms with Crippen LogP contribution in [-0.2, 0) is 0 Å². The SMILES string of the molecule is C=C1NC(c2ccccc2)=C(C)CC1F. The van der Waals surface area contributed by atoms with Crippen LogP contribution in [0, 0.1) is 0 Å². The first kappa shape index (κ1) is 9.97. The van der Waals surface area contributed by atoms with Gasteiger partial charge in [0.15, 0.2) is 0 Å². The zero-order valence-corrected chi connectivity index (χ0v) is 8.76. The van der Waals surface area contributed by atoms with Gasteiger partial charge < -0.3 is 5.32 Å². The lowest BCUT2D eigenvalue weighted by atomic mass is 9.98. The van der Waals surface area contributed by atoms with Gasteiger partial charge in [-0.2, -0.15) is 0 Å². The number of nitrogens with one attached hydrogen (secondary N) is 1. The predicted octanol–water partition coefficient (Wildman–Crippen LogP) is 3.26. The van der Waals surface area contributed by atoms with Crippen molar-refractivity contribution in [2.24, 2.45) is 0 Å². The lowest BCUT2D eigenvalue weighted by molar-refractivity contribution is 0.363. The average molecular weight is 203 g/mol. The second kappa shape index (κ2) is 3.89. The number of hydrogen-bond donors (Lipinski definition) is 1. The molecule has 0 bridgehead atoms. The highest BCUT2D eigenvalue weighted by Crippen LogP contribution is 2.27. The van der Waals surface area contributed by atoms with Crippen LogP contribution < -0.4 is 5.32 Å². The van der Waals surface area contributed by atoms with E-state index in [0.717, 1.165) is 16.8 Å². The van der Waals surface area contributed by atoms with Crippen molar-refractivity contribution < 1.29 is 4.39 Å². The highest BCUT2D eigenvalue weighted by molar-refractivity contribution is 5.69. The summed E-state index contributed by atoms with van der Waals surface area (Å²) in [7, 11) is 0. The molecule has 0 aromatic heterocycles. The Kier molecular flexibility index (Phi) is 2.58. The topological polar surface area (TPSA) is 12.0 Å². The van der Waals surface area contributed by atoms with Gasteiger partial charge in [0, 0.05) is 17.8 Å². The van der Waals surface area contributed by atoms with Crippen molar-refractivity contribution in [3.05, 3.63) is 53.7 Å². The van der Waals surface area contributed by atoms with Crippen LogP contribution in [0.2, 0.25) is 0 Å². The first-order valence-electron chi connectivity index (χ1n) is 5.03. The molecule has 0 saturated carbocycles. The summed E-state index contributed by atoms with van der Waals surface area (Å²) in [5, 5.41) is 3.04. The van der Waals surface area contributed by atoms with Crippen molar-refractivity contribution in [2.75, 3.05) is 0 Å². The Hall–Kier alpha value is -1.57. The van der Waals surface area contributed by atoms with E-state index in [4.69, 9.17) is 0 Å². The summed E-state index contributed by atoms with van der Waals surface area (Å²) in [6.45, 7) is 5.64. The molecule has 1 aliphatic rings. The Balaban J connectivity index is 2.37. The number of benzene rings is 1. The molecule has 1 aliphatic heterocycles. The Morgan fingerprint density at radius 3 is 2.67 bits per heavy atom. The molecule has 1 aromatic carbocycles. The molecule has 1 heterocycles. The van der Waals surface area contributed by atoms with E-state index >= 15 is 0 Å². The molecule has 1 atom stereocenters. The second-order valence-electron chi connectivity index (χ2n) is 3.84. The number of alkyl halides is 1. The van der Waals surface area contributed by atoms with Crippen LogP contribution in [0.25, 0.3) is 5.70 Å². The molecule has 2 heteroatoms. The lowest BCUT2D eigenvalue weighted by Gasteiger charge is -2.25. The van der Waals surface area contributed by atoms with Gasteiger partial charge in [0.2, 0.25) is 0 Å². The molecule has 1 nitrogen and oxygen atoms in total. The van der Waals surface area contributed by atoms with E-state index in [9.17, 15) is 4.39 Å². The van der Waals surface area contributed by atoms with Crippen LogP contribution in [-0.4, -0.2) is 6.17 Å². The van der Waals surface area contributed by atoms with Gasteiger partial charge in [0.1, 0.15) is 6.17 Å². The summed E-state index contributed by atoms with van der Waals surface area (Å²) < 4.78 is 13.3. The van der Waals surface area contributed by atoms with Gasteiger partial charge in [-0.3, -0.25) is 0 Å². The van der Waals surface area contributed by atoms with Crippen LogP contribution in [0.3, 0.4) is 0 Å². The first-order valence-corrected chi connectivity index (χ1v) is 5.03. The number of halogens is 1. The first-order chi connectivity index (χ1) is 7.18. The van der Waals surface area contributed by atoms with Crippen LogP contribution in [0.1, 0.15) is 18.9 Å². The molecule has 2 rings (SSSR count). The van der Waals surface area contributed by atoms with E-state index in [0.29, 0.717) is 12.1 Å². The highest BCUT2D eigenvalue weighted by atomic mass is 19.1. The zero-order valence-electron chi connectivity index (χ0n) is 8.76. The summed E-state index contributed by atoms with van der Waals surface area (Å²) in [5.41, 5.74) is 3.58. The molecule has 0 amide bonds. The molecule has 0 radical (unpaired) electrons. The maximum Gasteiger partial charge on any atom is 0.143 e. The summed E-state index contributed by atoms with van der Waals surface area (Å²) in [4.78, 5) is 0. The number of allylic oxidation sites excluding steroid dienone is 2. The van der Waals surface area contributed by atoms with E-state index in [1.165, 1.54) is 0 Å². The third kappa shape index (κ3) is 1.94. The van der Waals surface area contributed by atoms with Gasteiger partial charge in [-0.1, -0.05) is 36.9 Å². The van der Waals surface area contributed by atoms with Gasteiger partial charge in [-0.05, 0) is 18.1 Å². The maximum atomic E-state index is 13.3. The average Bonchev–Trinajstić information content (AvgIpc) is 2.25. The van der Waals surface area contributed by atoms with Crippen molar-refractivity contribution in [1.82, 2.24) is 5.32 Å². The monoisotopic (exact) mass is 203 g/mol. The Labute approximate surface area is 89.3 Å². The van der Waals surface area contributed by atoms with Crippen molar-refractivity contribution in [3.8, 4) is 0 Å². The smallest absolute Gasteiger partial charge is 0.143 e. The largest absolute Gasteiger partial charge is 0.357 e. The minimum Gasteiger partial charge on any atom is -0.357 e. The molecule has 1 aromatic rings. The summed E-state index contributed by atoms with van der Waals surface area (Å²) in [6.07, 6.45) is -0.520. The van der Waals surface area contributed by atoms with Gasteiger partial charge in [-0.25, -0.2) is 4.39 Å². The predicted molar refractivity (Wildman–Crippen MR) is 60.8 cm³/mol. The normalized spacial score (nSPS) is 21.5. The molecular weight excluding hydrogens is 189 g/mol. The molecule has 0 fully saturated rings. The van der Waals surface area contributed by atoms with Crippen molar-refractivity contribution in [2.45, 2.75) is 19.5 Å². The maximum absolute atomic E-state index is 13.3. The minimum absolute atomic E-state index is 0.441. The summed E-state index contributed by atoms with van der Waals surface area (Å²) in [6, 6.07) is 9.94. The van der Waals surface area contributed by atoms with Gasteiger partial charge in [-0.15, -0.1) is 0 Å². The lowest BCUT2D eigenvalue weighted by Crippen LogP contribution is -2.25. The quantitative estimate of drug-likeness (QED) is 0.738. The van der Waals surface area contributed by atoms with E-state index in [1.54, 1.807) is 0 Å². The number of rotatable bonds is 1. The third-order valence-corrected chi connectivity index (χ3v) is 2.64. The molecule has 0 spiro atoms. The van der Waals surface area contributed by atoms with Crippen molar-refractivity contribution in [1.29, 1.82) is 0 Å². The third-order valence-electron chi connectivity index (χ3n) is 2.64. The molecule has 15 heavy (non-hydrogen) atoms. The standard InChI is InChI=1S/C13H14FN/c1-9-8-12(14)10(2)15-13(9)11-6-4-3-5-7-11/h3-7,12,15H,2,8H2,1H3. The van der Waals surface area contributed by atoms with E-state index in [2.05, 4.69) is 11.9 Å². The molecule has 1 unspecified atom stereocenters. The van der Waals surface area contributed by atoms with Crippen LogP contribution in [0.15, 0.2) is 48.2 Å². The van der Waals surface area contributed by atoms with Crippen LogP contribution >= 0.6 is 0 Å². The van der Waals surface area contributed by atoms with E-state index in [1.807, 2.05) is 37.3 Å².